The van der Waals surface area contributed by atoms with Gasteiger partial charge in [-0.1, -0.05) is 6.92 Å². The number of likely N-dealkylation sites (tertiary alicyclic amines) is 1. The van der Waals surface area contributed by atoms with Crippen molar-refractivity contribution in [2.45, 2.75) is 24.9 Å². The monoisotopic (exact) mass is 304 g/mol. The smallest absolute Gasteiger partial charge is 0.426 e. The summed E-state index contributed by atoms with van der Waals surface area (Å²) in [5.74, 6) is 0. The van der Waals surface area contributed by atoms with E-state index in [1.807, 2.05) is 18.2 Å². The van der Waals surface area contributed by atoms with E-state index in [2.05, 4.69) is 30.8 Å². The molecule has 0 bridgehead atoms. The Morgan fingerprint density at radius 2 is 2.05 bits per heavy atom. The number of carbonyl (C=O) groups is 1. The molecule has 0 aromatic heterocycles. The quantitative estimate of drug-likeness (QED) is 0.847. The first-order valence-corrected chi connectivity index (χ1v) is 7.55. The SMILES string of the molecule is CN1CC[C@@]2(C)c3cc(N(C(=O)O)N(C)C)ccc3N(C)[C@@H]12. The summed E-state index contributed by atoms with van der Waals surface area (Å²) in [5.41, 5.74) is 3.19. The maximum atomic E-state index is 11.5. The van der Waals surface area contributed by atoms with Crippen molar-refractivity contribution in [3.8, 4) is 0 Å². The Morgan fingerprint density at radius 3 is 2.64 bits per heavy atom. The van der Waals surface area contributed by atoms with Crippen molar-refractivity contribution in [2.24, 2.45) is 0 Å². The number of rotatable bonds is 2. The normalized spacial score (nSPS) is 27.2. The number of fused-ring (bicyclic) bond motifs is 3. The molecule has 3 rings (SSSR count). The third-order valence-corrected chi connectivity index (χ3v) is 5.14. The predicted molar refractivity (Wildman–Crippen MR) is 87.4 cm³/mol. The zero-order chi connectivity index (χ0) is 16.2. The molecule has 6 heteroatoms. The first-order valence-electron chi connectivity index (χ1n) is 7.55. The number of likely N-dealkylation sites (N-methyl/N-ethyl adjacent to an activating group) is 2. The Morgan fingerprint density at radius 1 is 1.36 bits per heavy atom. The Balaban J connectivity index is 2.09. The minimum atomic E-state index is -0.971. The first kappa shape index (κ1) is 15.1. The molecule has 1 N–H and O–H groups in total. The number of hydrogen-bond acceptors (Lipinski definition) is 4. The van der Waals surface area contributed by atoms with Crippen LogP contribution in [0.5, 0.6) is 0 Å². The third-order valence-electron chi connectivity index (χ3n) is 5.14. The lowest BCUT2D eigenvalue weighted by Gasteiger charge is -2.32. The maximum Gasteiger partial charge on any atom is 0.426 e. The highest BCUT2D eigenvalue weighted by Gasteiger charge is 2.52. The van der Waals surface area contributed by atoms with Gasteiger partial charge in [-0.25, -0.2) is 14.8 Å². The largest absolute Gasteiger partial charge is 0.464 e. The number of nitrogens with zero attached hydrogens (tertiary/aromatic N) is 4. The standard InChI is InChI=1S/C16H24N4O2/c1-16-8-9-18(4)14(16)19(5)13-7-6-11(10-12(13)16)20(15(21)22)17(2)3/h6-7,10,14H,8-9H2,1-5H3,(H,21,22)/t14-,16+/m1/s1. The lowest BCUT2D eigenvalue weighted by Crippen LogP contribution is -2.45. The van der Waals surface area contributed by atoms with E-state index in [-0.39, 0.29) is 5.41 Å². The van der Waals surface area contributed by atoms with E-state index in [1.54, 1.807) is 19.1 Å². The fourth-order valence-corrected chi connectivity index (χ4v) is 4.21. The van der Waals surface area contributed by atoms with E-state index in [0.29, 0.717) is 11.9 Å². The highest BCUT2D eigenvalue weighted by Crippen LogP contribution is 2.51. The summed E-state index contributed by atoms with van der Waals surface area (Å²) in [6, 6.07) is 5.97. The van der Waals surface area contributed by atoms with Crippen LogP contribution in [0.15, 0.2) is 18.2 Å². The van der Waals surface area contributed by atoms with Gasteiger partial charge in [0, 0.05) is 38.8 Å². The van der Waals surface area contributed by atoms with Gasteiger partial charge in [0.1, 0.15) is 0 Å². The summed E-state index contributed by atoms with van der Waals surface area (Å²) in [4.78, 5) is 16.2. The van der Waals surface area contributed by atoms with Gasteiger partial charge in [0.2, 0.25) is 0 Å². The second-order valence-electron chi connectivity index (χ2n) is 6.78. The minimum absolute atomic E-state index is 0.0470. The van der Waals surface area contributed by atoms with Crippen molar-refractivity contribution < 1.29 is 9.90 Å². The summed E-state index contributed by atoms with van der Waals surface area (Å²) in [6.07, 6.45) is 0.459. The Hall–Kier alpha value is -1.79. The number of carboxylic acid groups (broad SMARTS) is 1. The number of anilines is 2. The molecule has 6 nitrogen and oxygen atoms in total. The lowest BCUT2D eigenvalue weighted by atomic mass is 9.81. The van der Waals surface area contributed by atoms with Crippen molar-refractivity contribution in [2.75, 3.05) is 44.6 Å². The predicted octanol–water partition coefficient (Wildman–Crippen LogP) is 2.02. The van der Waals surface area contributed by atoms with Crippen molar-refractivity contribution in [1.82, 2.24) is 9.91 Å². The van der Waals surface area contributed by atoms with Gasteiger partial charge < -0.3 is 10.0 Å². The molecule has 1 aromatic rings. The second kappa shape index (κ2) is 4.86. The lowest BCUT2D eigenvalue weighted by molar-refractivity contribution is 0.184. The Bertz CT molecular complexity index is 618. The van der Waals surface area contributed by atoms with E-state index in [1.165, 1.54) is 16.3 Å². The van der Waals surface area contributed by atoms with E-state index in [9.17, 15) is 9.90 Å². The van der Waals surface area contributed by atoms with Gasteiger partial charge in [-0.2, -0.15) is 0 Å². The molecule has 1 fully saturated rings. The van der Waals surface area contributed by atoms with E-state index >= 15 is 0 Å². The molecular formula is C16H24N4O2. The van der Waals surface area contributed by atoms with Crippen molar-refractivity contribution in [1.29, 1.82) is 0 Å². The topological polar surface area (TPSA) is 50.3 Å². The Labute approximate surface area is 131 Å². The summed E-state index contributed by atoms with van der Waals surface area (Å²) in [6.45, 7) is 3.35. The third kappa shape index (κ3) is 1.90. The Kier molecular flexibility index (Phi) is 3.34. The van der Waals surface area contributed by atoms with Gasteiger partial charge in [0.25, 0.3) is 0 Å². The first-order chi connectivity index (χ1) is 10.3. The second-order valence-corrected chi connectivity index (χ2v) is 6.78. The maximum absolute atomic E-state index is 11.5. The molecule has 0 spiro atoms. The molecule has 0 saturated carbocycles. The van der Waals surface area contributed by atoms with Crippen molar-refractivity contribution in [3.63, 3.8) is 0 Å². The average Bonchev–Trinajstić information content (AvgIpc) is 2.84. The van der Waals surface area contributed by atoms with Crippen LogP contribution in [0.25, 0.3) is 0 Å². The van der Waals surface area contributed by atoms with Gasteiger partial charge in [-0.15, -0.1) is 0 Å². The number of amides is 1. The van der Waals surface area contributed by atoms with Crippen LogP contribution in [-0.4, -0.2) is 62.0 Å². The fourth-order valence-electron chi connectivity index (χ4n) is 4.21. The van der Waals surface area contributed by atoms with E-state index < -0.39 is 6.09 Å². The van der Waals surface area contributed by atoms with Crippen LogP contribution in [0.4, 0.5) is 16.2 Å². The van der Waals surface area contributed by atoms with Crippen LogP contribution in [-0.2, 0) is 5.41 Å². The van der Waals surface area contributed by atoms with Gasteiger partial charge >= 0.3 is 6.09 Å². The zero-order valence-corrected chi connectivity index (χ0v) is 13.9. The molecule has 120 valence electrons. The average molecular weight is 304 g/mol. The highest BCUT2D eigenvalue weighted by atomic mass is 16.4. The molecule has 1 aromatic carbocycles. The fraction of sp³-hybridized carbons (Fsp3) is 0.562. The molecule has 0 radical (unpaired) electrons. The van der Waals surface area contributed by atoms with Crippen LogP contribution < -0.4 is 9.91 Å². The zero-order valence-electron chi connectivity index (χ0n) is 13.9. The molecule has 22 heavy (non-hydrogen) atoms. The van der Waals surface area contributed by atoms with Gasteiger partial charge in [0.05, 0.1) is 11.9 Å². The van der Waals surface area contributed by atoms with Crippen molar-refractivity contribution >= 4 is 17.5 Å². The van der Waals surface area contributed by atoms with Gasteiger partial charge in [-0.3, -0.25) is 4.90 Å². The van der Waals surface area contributed by atoms with Crippen LogP contribution in [0.2, 0.25) is 0 Å². The van der Waals surface area contributed by atoms with Crippen LogP contribution in [0.3, 0.4) is 0 Å². The van der Waals surface area contributed by atoms with Crippen molar-refractivity contribution in [3.05, 3.63) is 23.8 Å². The van der Waals surface area contributed by atoms with Crippen LogP contribution in [0, 0.1) is 0 Å². The molecule has 2 aliphatic rings. The van der Waals surface area contributed by atoms with Gasteiger partial charge in [0.15, 0.2) is 0 Å². The highest BCUT2D eigenvalue weighted by molar-refractivity contribution is 5.86. The van der Waals surface area contributed by atoms with Crippen LogP contribution in [0.1, 0.15) is 18.9 Å². The summed E-state index contributed by atoms with van der Waals surface area (Å²) < 4.78 is 0. The molecular weight excluding hydrogens is 280 g/mol. The number of hydrogen-bond donors (Lipinski definition) is 1. The van der Waals surface area contributed by atoms with Gasteiger partial charge in [-0.05, 0) is 37.2 Å². The number of hydrazine groups is 1. The summed E-state index contributed by atoms with van der Waals surface area (Å²) >= 11 is 0. The molecule has 1 amide bonds. The van der Waals surface area contributed by atoms with Crippen LogP contribution >= 0.6 is 0 Å². The molecule has 0 unspecified atom stereocenters. The summed E-state index contributed by atoms with van der Waals surface area (Å²) in [7, 11) is 7.75. The molecule has 0 aliphatic carbocycles. The van der Waals surface area contributed by atoms with E-state index in [0.717, 1.165) is 13.0 Å². The summed E-state index contributed by atoms with van der Waals surface area (Å²) in [5, 5.41) is 12.3. The van der Waals surface area contributed by atoms with E-state index in [4.69, 9.17) is 0 Å². The molecule has 1 saturated heterocycles. The molecule has 2 atom stereocenters. The number of benzene rings is 1. The molecule has 2 aliphatic heterocycles. The minimum Gasteiger partial charge on any atom is -0.464 e. The molecule has 2 heterocycles.